The third-order valence-corrected chi connectivity index (χ3v) is 6.64. The number of aryl methyl sites for hydroxylation is 2. The molecule has 1 heterocycles. The number of nitrogens with one attached hydrogen (secondary N) is 1. The number of hydrogen-bond donors (Lipinski definition) is 1. The van der Waals surface area contributed by atoms with Gasteiger partial charge in [0.1, 0.15) is 6.04 Å². The van der Waals surface area contributed by atoms with Gasteiger partial charge in [-0.15, -0.1) is 0 Å². The van der Waals surface area contributed by atoms with Gasteiger partial charge in [0.25, 0.3) is 0 Å². The molecule has 1 saturated heterocycles. The van der Waals surface area contributed by atoms with E-state index in [1.807, 2.05) is 38.1 Å². The molecule has 6 heteroatoms. The topological polar surface area (TPSA) is 66.5 Å². The van der Waals surface area contributed by atoms with Gasteiger partial charge in [0.05, 0.1) is 4.90 Å². The first kappa shape index (κ1) is 18.6. The van der Waals surface area contributed by atoms with Crippen LogP contribution in [0.4, 0.5) is 0 Å². The molecule has 3 rings (SSSR count). The van der Waals surface area contributed by atoms with Crippen LogP contribution in [0.1, 0.15) is 29.5 Å². The van der Waals surface area contributed by atoms with Gasteiger partial charge in [0.2, 0.25) is 15.9 Å². The van der Waals surface area contributed by atoms with Crippen molar-refractivity contribution >= 4 is 15.9 Å². The van der Waals surface area contributed by atoms with Crippen LogP contribution in [0, 0.1) is 13.8 Å². The second kappa shape index (κ2) is 7.60. The maximum absolute atomic E-state index is 12.9. The summed E-state index contributed by atoms with van der Waals surface area (Å²) in [7, 11) is -3.67. The Bertz CT molecular complexity index is 874. The lowest BCUT2D eigenvalue weighted by molar-refractivity contribution is -0.124. The number of carbonyl (C=O) groups is 1. The Hall–Kier alpha value is -2.18. The predicted molar refractivity (Wildman–Crippen MR) is 101 cm³/mol. The Kier molecular flexibility index (Phi) is 5.44. The molecule has 0 spiro atoms. The highest BCUT2D eigenvalue weighted by atomic mass is 32.2. The molecule has 0 aliphatic carbocycles. The number of amides is 1. The van der Waals surface area contributed by atoms with Gasteiger partial charge in [-0.05, 0) is 44.4 Å². The van der Waals surface area contributed by atoms with Crippen molar-refractivity contribution in [3.63, 3.8) is 0 Å². The minimum absolute atomic E-state index is 0.237. The molecule has 5 nitrogen and oxygen atoms in total. The standard InChI is InChI=1S/C20H24N2O3S/c1-15-5-9-17(10-6-15)14-21-20(23)19-4-3-13-22(19)26(24,25)18-11-7-16(2)8-12-18/h5-12,19H,3-4,13-14H2,1-2H3,(H,21,23)/t19-/m0/s1. The van der Waals surface area contributed by atoms with Gasteiger partial charge < -0.3 is 5.32 Å². The molecule has 138 valence electrons. The van der Waals surface area contributed by atoms with Crippen LogP contribution in [0.3, 0.4) is 0 Å². The molecule has 2 aromatic carbocycles. The Morgan fingerprint density at radius 2 is 1.62 bits per heavy atom. The fourth-order valence-corrected chi connectivity index (χ4v) is 4.80. The highest BCUT2D eigenvalue weighted by Crippen LogP contribution is 2.26. The fourth-order valence-electron chi connectivity index (χ4n) is 3.15. The maximum atomic E-state index is 12.9. The number of benzene rings is 2. The van der Waals surface area contributed by atoms with Crippen molar-refractivity contribution in [2.24, 2.45) is 0 Å². The van der Waals surface area contributed by atoms with E-state index in [0.717, 1.165) is 16.7 Å². The van der Waals surface area contributed by atoms with Crippen molar-refractivity contribution in [3.05, 3.63) is 65.2 Å². The molecular formula is C20H24N2O3S. The van der Waals surface area contributed by atoms with E-state index >= 15 is 0 Å². The summed E-state index contributed by atoms with van der Waals surface area (Å²) in [5.74, 6) is -0.237. The van der Waals surface area contributed by atoms with Crippen LogP contribution in [-0.4, -0.2) is 31.2 Å². The zero-order valence-corrected chi connectivity index (χ0v) is 15.9. The number of hydrogen-bond acceptors (Lipinski definition) is 3. The molecule has 0 radical (unpaired) electrons. The van der Waals surface area contributed by atoms with Gasteiger partial charge >= 0.3 is 0 Å². The average molecular weight is 372 g/mol. The van der Waals surface area contributed by atoms with Crippen molar-refractivity contribution in [2.75, 3.05) is 6.54 Å². The summed E-state index contributed by atoms with van der Waals surface area (Å²) in [6.45, 7) is 4.69. The van der Waals surface area contributed by atoms with E-state index in [9.17, 15) is 13.2 Å². The third-order valence-electron chi connectivity index (χ3n) is 4.72. The molecule has 1 fully saturated rings. The highest BCUT2D eigenvalue weighted by molar-refractivity contribution is 7.89. The molecule has 1 amide bonds. The van der Waals surface area contributed by atoms with Crippen molar-refractivity contribution in [2.45, 2.75) is 44.2 Å². The lowest BCUT2D eigenvalue weighted by Crippen LogP contribution is -2.45. The van der Waals surface area contributed by atoms with Crippen LogP contribution < -0.4 is 5.32 Å². The second-order valence-corrected chi connectivity index (χ2v) is 8.68. The zero-order valence-electron chi connectivity index (χ0n) is 15.1. The van der Waals surface area contributed by atoms with Gasteiger partial charge in [-0.3, -0.25) is 4.79 Å². The van der Waals surface area contributed by atoms with E-state index in [4.69, 9.17) is 0 Å². The third kappa shape index (κ3) is 3.97. The lowest BCUT2D eigenvalue weighted by atomic mass is 10.1. The summed E-state index contributed by atoms with van der Waals surface area (Å²) in [5, 5.41) is 2.88. The van der Waals surface area contributed by atoms with Gasteiger partial charge in [-0.1, -0.05) is 47.5 Å². The van der Waals surface area contributed by atoms with E-state index in [0.29, 0.717) is 25.9 Å². The first-order valence-corrected chi connectivity index (χ1v) is 10.2. The van der Waals surface area contributed by atoms with Crippen molar-refractivity contribution in [1.82, 2.24) is 9.62 Å². The molecule has 1 N–H and O–H groups in total. The van der Waals surface area contributed by atoms with E-state index < -0.39 is 16.1 Å². The molecule has 0 bridgehead atoms. The van der Waals surface area contributed by atoms with E-state index in [2.05, 4.69) is 5.32 Å². The monoisotopic (exact) mass is 372 g/mol. The van der Waals surface area contributed by atoms with Crippen LogP contribution in [-0.2, 0) is 21.4 Å². The maximum Gasteiger partial charge on any atom is 0.243 e. The number of carbonyl (C=O) groups excluding carboxylic acids is 1. The summed E-state index contributed by atoms with van der Waals surface area (Å²) in [6.07, 6.45) is 1.23. The zero-order chi connectivity index (χ0) is 18.7. The van der Waals surface area contributed by atoms with Crippen molar-refractivity contribution in [1.29, 1.82) is 0 Å². The summed E-state index contributed by atoms with van der Waals surface area (Å²) < 4.78 is 27.2. The Labute approximate surface area is 155 Å². The molecule has 0 unspecified atom stereocenters. The highest BCUT2D eigenvalue weighted by Gasteiger charge is 2.39. The smallest absolute Gasteiger partial charge is 0.243 e. The Morgan fingerprint density at radius 3 is 2.23 bits per heavy atom. The summed E-state index contributed by atoms with van der Waals surface area (Å²) in [6, 6.07) is 14.0. The van der Waals surface area contributed by atoms with Gasteiger partial charge in [0, 0.05) is 13.1 Å². The molecule has 1 aliphatic heterocycles. The number of nitrogens with zero attached hydrogens (tertiary/aromatic N) is 1. The second-order valence-electron chi connectivity index (χ2n) is 6.79. The van der Waals surface area contributed by atoms with Crippen LogP contribution in [0.5, 0.6) is 0 Å². The van der Waals surface area contributed by atoms with Gasteiger partial charge in [0.15, 0.2) is 0 Å². The molecule has 0 aromatic heterocycles. The normalized spacial score (nSPS) is 18.0. The largest absolute Gasteiger partial charge is 0.351 e. The van der Waals surface area contributed by atoms with Crippen LogP contribution in [0.15, 0.2) is 53.4 Å². The molecule has 1 atom stereocenters. The van der Waals surface area contributed by atoms with Crippen molar-refractivity contribution < 1.29 is 13.2 Å². The van der Waals surface area contributed by atoms with Gasteiger partial charge in [-0.25, -0.2) is 8.42 Å². The van der Waals surface area contributed by atoms with E-state index in [1.54, 1.807) is 24.3 Å². The van der Waals surface area contributed by atoms with E-state index in [-0.39, 0.29) is 10.8 Å². The predicted octanol–water partition coefficient (Wildman–Crippen LogP) is 2.77. The first-order valence-electron chi connectivity index (χ1n) is 8.80. The molecular weight excluding hydrogens is 348 g/mol. The molecule has 26 heavy (non-hydrogen) atoms. The van der Waals surface area contributed by atoms with Crippen LogP contribution in [0.25, 0.3) is 0 Å². The minimum atomic E-state index is -3.67. The fraction of sp³-hybridized carbons (Fsp3) is 0.350. The Balaban J connectivity index is 1.71. The summed E-state index contributed by atoms with van der Waals surface area (Å²) in [4.78, 5) is 12.8. The van der Waals surface area contributed by atoms with Crippen LogP contribution in [0.2, 0.25) is 0 Å². The molecule has 0 saturated carbocycles. The molecule has 2 aromatic rings. The number of sulfonamides is 1. The quantitative estimate of drug-likeness (QED) is 0.878. The summed E-state index contributed by atoms with van der Waals surface area (Å²) >= 11 is 0. The van der Waals surface area contributed by atoms with Crippen LogP contribution >= 0.6 is 0 Å². The summed E-state index contributed by atoms with van der Waals surface area (Å²) in [5.41, 5.74) is 3.15. The van der Waals surface area contributed by atoms with E-state index in [1.165, 1.54) is 4.31 Å². The Morgan fingerprint density at radius 1 is 1.04 bits per heavy atom. The van der Waals surface area contributed by atoms with Gasteiger partial charge in [-0.2, -0.15) is 4.31 Å². The molecule has 1 aliphatic rings. The average Bonchev–Trinajstić information content (AvgIpc) is 3.12. The van der Waals surface area contributed by atoms with Crippen molar-refractivity contribution in [3.8, 4) is 0 Å². The number of rotatable bonds is 5. The minimum Gasteiger partial charge on any atom is -0.351 e. The lowest BCUT2D eigenvalue weighted by Gasteiger charge is -2.23. The first-order chi connectivity index (χ1) is 12.4. The SMILES string of the molecule is Cc1ccc(CNC(=O)[C@@H]2CCCN2S(=O)(=O)c2ccc(C)cc2)cc1.